The van der Waals surface area contributed by atoms with Gasteiger partial charge in [-0.15, -0.1) is 0 Å². The first-order valence-corrected chi connectivity index (χ1v) is 12.9. The van der Waals surface area contributed by atoms with Crippen LogP contribution < -0.4 is 4.74 Å². The normalized spacial score (nSPS) is 13.0. The fraction of sp³-hybridized carbons (Fsp3) is 0.438. The molecule has 1 atom stereocenters. The number of hydrogen-bond acceptors (Lipinski definition) is 3. The lowest BCUT2D eigenvalue weighted by Crippen LogP contribution is -2.21. The molecule has 0 heterocycles. The van der Waals surface area contributed by atoms with Crippen LogP contribution in [0.1, 0.15) is 81.7 Å². The summed E-state index contributed by atoms with van der Waals surface area (Å²) in [4.78, 5) is 0. The molecule has 0 spiro atoms. The van der Waals surface area contributed by atoms with Gasteiger partial charge in [0.25, 0.3) is 0 Å². The van der Waals surface area contributed by atoms with Gasteiger partial charge in [-0.05, 0) is 65.6 Å². The van der Waals surface area contributed by atoms with Gasteiger partial charge in [0.2, 0.25) is 0 Å². The van der Waals surface area contributed by atoms with E-state index in [1.165, 1.54) is 27.8 Å². The Balaban J connectivity index is 1.72. The maximum Gasteiger partial charge on any atom is 0.119 e. The summed E-state index contributed by atoms with van der Waals surface area (Å²) in [6.45, 7) is 11.6. The summed E-state index contributed by atoms with van der Waals surface area (Å²) in [6.07, 6.45) is 3.15. The highest BCUT2D eigenvalue weighted by Crippen LogP contribution is 2.36. The minimum Gasteiger partial charge on any atom is -0.491 e. The molecule has 0 aromatic heterocycles. The van der Waals surface area contributed by atoms with Crippen molar-refractivity contribution in [3.8, 4) is 5.75 Å². The van der Waals surface area contributed by atoms with E-state index in [0.717, 1.165) is 25.0 Å². The van der Waals surface area contributed by atoms with Gasteiger partial charge in [-0.25, -0.2) is 0 Å². The molecule has 0 amide bonds. The van der Waals surface area contributed by atoms with Crippen LogP contribution in [0.25, 0.3) is 0 Å². The van der Waals surface area contributed by atoms with Crippen LogP contribution in [0.3, 0.4) is 0 Å². The predicted molar refractivity (Wildman–Crippen MR) is 145 cm³/mol. The van der Waals surface area contributed by atoms with Crippen molar-refractivity contribution in [3.05, 3.63) is 101 Å². The molecule has 0 fully saturated rings. The van der Waals surface area contributed by atoms with Crippen molar-refractivity contribution in [1.29, 1.82) is 0 Å². The lowest BCUT2D eigenvalue weighted by Gasteiger charge is -2.30. The molecule has 188 valence electrons. The van der Waals surface area contributed by atoms with Crippen molar-refractivity contribution >= 4 is 0 Å². The second kappa shape index (κ2) is 11.9. The molecule has 0 saturated carbocycles. The molecule has 3 aromatic carbocycles. The predicted octanol–water partition coefficient (Wildman–Crippen LogP) is 6.80. The Morgan fingerprint density at radius 1 is 0.686 bits per heavy atom. The standard InChI is InChI=1S/C32H42O3/c1-6-29(34)23-35-30-20-18-28(19-21-30)32(4,5)27-16-14-26(15-17-27)31(2,3)25-12-10-24(11-13-25)9-7-8-22-33/h10-21,29,33-34H,6-9,22-23H2,1-5H3. The Morgan fingerprint density at radius 2 is 1.11 bits per heavy atom. The van der Waals surface area contributed by atoms with E-state index in [-0.39, 0.29) is 17.4 Å². The average molecular weight is 475 g/mol. The van der Waals surface area contributed by atoms with Crippen molar-refractivity contribution < 1.29 is 14.9 Å². The van der Waals surface area contributed by atoms with Crippen molar-refractivity contribution in [2.45, 2.75) is 77.2 Å². The third-order valence-electron chi connectivity index (χ3n) is 7.37. The highest BCUT2D eigenvalue weighted by atomic mass is 16.5. The zero-order valence-corrected chi connectivity index (χ0v) is 22.1. The Labute approximate surface area is 211 Å². The monoisotopic (exact) mass is 474 g/mol. The molecule has 0 saturated heterocycles. The third-order valence-corrected chi connectivity index (χ3v) is 7.37. The zero-order chi connectivity index (χ0) is 25.5. The molecule has 0 aliphatic heterocycles. The molecule has 0 bridgehead atoms. The van der Waals surface area contributed by atoms with Gasteiger partial charge in [0.1, 0.15) is 12.4 Å². The van der Waals surface area contributed by atoms with Crippen LogP contribution in [-0.2, 0) is 17.3 Å². The minimum absolute atomic E-state index is 0.0889. The van der Waals surface area contributed by atoms with Crippen molar-refractivity contribution in [1.82, 2.24) is 0 Å². The van der Waals surface area contributed by atoms with Crippen molar-refractivity contribution in [2.24, 2.45) is 0 Å². The molecule has 0 aliphatic rings. The van der Waals surface area contributed by atoms with Crippen LogP contribution >= 0.6 is 0 Å². The highest BCUT2D eigenvalue weighted by Gasteiger charge is 2.26. The van der Waals surface area contributed by atoms with Crippen LogP contribution in [0.5, 0.6) is 5.75 Å². The molecule has 35 heavy (non-hydrogen) atoms. The second-order valence-corrected chi connectivity index (χ2v) is 10.6. The first-order valence-electron chi connectivity index (χ1n) is 12.9. The van der Waals surface area contributed by atoms with Crippen LogP contribution in [-0.4, -0.2) is 29.5 Å². The largest absolute Gasteiger partial charge is 0.491 e. The summed E-state index contributed by atoms with van der Waals surface area (Å²) in [5.74, 6) is 0.786. The molecule has 3 heteroatoms. The fourth-order valence-electron chi connectivity index (χ4n) is 4.44. The summed E-state index contributed by atoms with van der Waals surface area (Å²) >= 11 is 0. The Hall–Kier alpha value is -2.62. The van der Waals surface area contributed by atoms with Crippen LogP contribution in [0, 0.1) is 0 Å². The van der Waals surface area contributed by atoms with Gasteiger partial charge in [-0.3, -0.25) is 0 Å². The van der Waals surface area contributed by atoms with Crippen molar-refractivity contribution in [3.63, 3.8) is 0 Å². The van der Waals surface area contributed by atoms with Gasteiger partial charge < -0.3 is 14.9 Å². The lowest BCUT2D eigenvalue weighted by atomic mass is 9.74. The Kier molecular flexibility index (Phi) is 9.15. The quantitative estimate of drug-likeness (QED) is 0.284. The molecule has 3 aromatic rings. The van der Waals surface area contributed by atoms with Crippen LogP contribution in [0.15, 0.2) is 72.8 Å². The number of rotatable bonds is 12. The molecule has 1 unspecified atom stereocenters. The summed E-state index contributed by atoms with van der Waals surface area (Å²) in [5, 5.41) is 18.7. The highest BCUT2D eigenvalue weighted by molar-refractivity contribution is 5.44. The van der Waals surface area contributed by atoms with E-state index in [2.05, 4.69) is 88.4 Å². The van der Waals surface area contributed by atoms with Gasteiger partial charge in [-0.2, -0.15) is 0 Å². The first-order chi connectivity index (χ1) is 16.7. The molecule has 0 aliphatic carbocycles. The third kappa shape index (κ3) is 6.74. The maximum absolute atomic E-state index is 9.72. The number of unbranched alkanes of at least 4 members (excludes halogenated alkanes) is 1. The number of benzene rings is 3. The molecule has 0 radical (unpaired) electrons. The number of ether oxygens (including phenoxy) is 1. The summed E-state index contributed by atoms with van der Waals surface area (Å²) in [5.41, 5.74) is 6.20. The summed E-state index contributed by atoms with van der Waals surface area (Å²) < 4.78 is 5.70. The maximum atomic E-state index is 9.72. The number of aliphatic hydroxyl groups excluding tert-OH is 2. The van der Waals surface area contributed by atoms with E-state index in [0.29, 0.717) is 13.0 Å². The van der Waals surface area contributed by atoms with Gasteiger partial charge >= 0.3 is 0 Å². The van der Waals surface area contributed by atoms with E-state index >= 15 is 0 Å². The van der Waals surface area contributed by atoms with Gasteiger partial charge in [0.05, 0.1) is 6.10 Å². The van der Waals surface area contributed by atoms with Crippen LogP contribution in [0.4, 0.5) is 0 Å². The zero-order valence-electron chi connectivity index (χ0n) is 22.1. The lowest BCUT2D eigenvalue weighted by molar-refractivity contribution is 0.104. The number of aryl methyl sites for hydroxylation is 1. The number of aliphatic hydroxyl groups is 2. The molecule has 3 nitrogen and oxygen atoms in total. The Morgan fingerprint density at radius 3 is 1.54 bits per heavy atom. The Bertz CT molecular complexity index is 1030. The van der Waals surface area contributed by atoms with E-state index < -0.39 is 6.10 Å². The molecular weight excluding hydrogens is 432 g/mol. The second-order valence-electron chi connectivity index (χ2n) is 10.6. The SMILES string of the molecule is CCC(O)COc1ccc(C(C)(C)c2ccc(C(C)(C)c3ccc(CCCCO)cc3)cc2)cc1. The summed E-state index contributed by atoms with van der Waals surface area (Å²) in [6, 6.07) is 26.2. The van der Waals surface area contributed by atoms with Gasteiger partial charge in [0, 0.05) is 17.4 Å². The van der Waals surface area contributed by atoms with Gasteiger partial charge in [-0.1, -0.05) is 95.3 Å². The first kappa shape index (κ1) is 27.0. The van der Waals surface area contributed by atoms with E-state index in [1.54, 1.807) is 0 Å². The van der Waals surface area contributed by atoms with E-state index in [4.69, 9.17) is 9.84 Å². The topological polar surface area (TPSA) is 49.7 Å². The molecule has 2 N–H and O–H groups in total. The van der Waals surface area contributed by atoms with E-state index in [9.17, 15) is 5.11 Å². The minimum atomic E-state index is -0.427. The summed E-state index contributed by atoms with van der Waals surface area (Å²) in [7, 11) is 0. The smallest absolute Gasteiger partial charge is 0.119 e. The fourth-order valence-corrected chi connectivity index (χ4v) is 4.44. The number of hydrogen-bond donors (Lipinski definition) is 2. The molecular formula is C32H42O3. The van der Waals surface area contributed by atoms with Crippen LogP contribution in [0.2, 0.25) is 0 Å². The van der Waals surface area contributed by atoms with Crippen molar-refractivity contribution in [2.75, 3.05) is 13.2 Å². The average Bonchev–Trinajstić information content (AvgIpc) is 2.88. The molecule has 3 rings (SSSR count). The van der Waals surface area contributed by atoms with Gasteiger partial charge in [0.15, 0.2) is 0 Å². The van der Waals surface area contributed by atoms with E-state index in [1.807, 2.05) is 19.1 Å².